The predicted molar refractivity (Wildman–Crippen MR) is 81.6 cm³/mol. The fourth-order valence-electron chi connectivity index (χ4n) is 2.82. The van der Waals surface area contributed by atoms with Gasteiger partial charge in [-0.15, -0.1) is 0 Å². The summed E-state index contributed by atoms with van der Waals surface area (Å²) in [6.07, 6.45) is 0.169. The molecule has 6 heteroatoms. The van der Waals surface area contributed by atoms with Crippen molar-refractivity contribution in [3.8, 4) is 17.2 Å². The standard InChI is InChI=1S/C16H23NO5/c1-5-20-11-8-7-10-12(13(11)21-6-2)22-15(3,4)9-16(10,17)14(18)19/h7-8H,5-6,9,17H2,1-4H3,(H,18,19). The number of carbonyl (C=O) groups is 1. The lowest BCUT2D eigenvalue weighted by molar-refractivity contribution is -0.147. The van der Waals surface area contributed by atoms with E-state index >= 15 is 0 Å². The molecule has 2 rings (SSSR count). The lowest BCUT2D eigenvalue weighted by atomic mass is 9.78. The Morgan fingerprint density at radius 3 is 2.50 bits per heavy atom. The van der Waals surface area contributed by atoms with Gasteiger partial charge in [-0.1, -0.05) is 0 Å². The van der Waals surface area contributed by atoms with Crippen LogP contribution in [-0.4, -0.2) is 29.9 Å². The van der Waals surface area contributed by atoms with E-state index in [-0.39, 0.29) is 6.42 Å². The number of fused-ring (bicyclic) bond motifs is 1. The molecule has 1 aliphatic heterocycles. The van der Waals surface area contributed by atoms with Crippen LogP contribution in [0.4, 0.5) is 0 Å². The molecule has 0 saturated carbocycles. The Kier molecular flexibility index (Phi) is 4.24. The molecule has 0 aromatic heterocycles. The Balaban J connectivity index is 2.68. The van der Waals surface area contributed by atoms with E-state index in [1.165, 1.54) is 0 Å². The Hall–Kier alpha value is -1.95. The second kappa shape index (κ2) is 5.68. The number of carboxylic acid groups (broad SMARTS) is 1. The number of hydrogen-bond donors (Lipinski definition) is 2. The van der Waals surface area contributed by atoms with Crippen molar-refractivity contribution in [2.45, 2.75) is 45.3 Å². The van der Waals surface area contributed by atoms with E-state index < -0.39 is 17.1 Å². The summed E-state index contributed by atoms with van der Waals surface area (Å²) < 4.78 is 17.2. The van der Waals surface area contributed by atoms with E-state index in [0.29, 0.717) is 36.0 Å². The predicted octanol–water partition coefficient (Wildman–Crippen LogP) is 2.28. The SMILES string of the molecule is CCOc1ccc2c(c1OCC)OC(C)(C)CC2(N)C(=O)O. The van der Waals surface area contributed by atoms with Crippen LogP contribution >= 0.6 is 0 Å². The molecule has 1 heterocycles. The second-order valence-electron chi connectivity index (χ2n) is 5.95. The van der Waals surface area contributed by atoms with E-state index in [2.05, 4.69) is 0 Å². The van der Waals surface area contributed by atoms with Crippen LogP contribution in [-0.2, 0) is 10.3 Å². The minimum absolute atomic E-state index is 0.169. The molecule has 122 valence electrons. The maximum atomic E-state index is 11.8. The van der Waals surface area contributed by atoms with Gasteiger partial charge in [0.1, 0.15) is 11.1 Å². The van der Waals surface area contributed by atoms with E-state index in [1.54, 1.807) is 12.1 Å². The quantitative estimate of drug-likeness (QED) is 0.867. The molecule has 22 heavy (non-hydrogen) atoms. The largest absolute Gasteiger partial charge is 0.490 e. The van der Waals surface area contributed by atoms with Gasteiger partial charge in [-0.25, -0.2) is 4.79 Å². The summed E-state index contributed by atoms with van der Waals surface area (Å²) in [4.78, 5) is 11.8. The van der Waals surface area contributed by atoms with E-state index in [0.717, 1.165) is 0 Å². The molecule has 0 bridgehead atoms. The van der Waals surface area contributed by atoms with Gasteiger partial charge >= 0.3 is 5.97 Å². The molecule has 1 aliphatic rings. The average molecular weight is 309 g/mol. The van der Waals surface area contributed by atoms with Gasteiger partial charge in [0, 0.05) is 12.0 Å². The lowest BCUT2D eigenvalue weighted by Gasteiger charge is -2.42. The van der Waals surface area contributed by atoms with Gasteiger partial charge in [0.05, 0.1) is 13.2 Å². The summed E-state index contributed by atoms with van der Waals surface area (Å²) >= 11 is 0. The highest BCUT2D eigenvalue weighted by atomic mass is 16.6. The van der Waals surface area contributed by atoms with Gasteiger partial charge < -0.3 is 25.1 Å². The first-order valence-electron chi connectivity index (χ1n) is 7.39. The van der Waals surface area contributed by atoms with Crippen LogP contribution in [0.2, 0.25) is 0 Å². The van der Waals surface area contributed by atoms with Gasteiger partial charge in [-0.05, 0) is 39.8 Å². The van der Waals surface area contributed by atoms with Crippen molar-refractivity contribution in [3.63, 3.8) is 0 Å². The zero-order valence-corrected chi connectivity index (χ0v) is 13.4. The molecule has 6 nitrogen and oxygen atoms in total. The van der Waals surface area contributed by atoms with E-state index in [9.17, 15) is 9.90 Å². The molecular formula is C16H23NO5. The van der Waals surface area contributed by atoms with Crippen LogP contribution in [0.15, 0.2) is 12.1 Å². The molecule has 1 atom stereocenters. The Morgan fingerprint density at radius 1 is 1.32 bits per heavy atom. The number of benzene rings is 1. The van der Waals surface area contributed by atoms with Gasteiger partial charge in [0.15, 0.2) is 11.5 Å². The molecule has 1 aromatic carbocycles. The van der Waals surface area contributed by atoms with Crippen LogP contribution < -0.4 is 19.9 Å². The maximum absolute atomic E-state index is 11.8. The second-order valence-corrected chi connectivity index (χ2v) is 5.95. The highest BCUT2D eigenvalue weighted by Gasteiger charge is 2.49. The number of nitrogens with two attached hydrogens (primary N) is 1. The molecule has 0 amide bonds. The van der Waals surface area contributed by atoms with Crippen LogP contribution in [0.25, 0.3) is 0 Å². The summed E-state index contributed by atoms with van der Waals surface area (Å²) in [5.74, 6) is 0.199. The first-order chi connectivity index (χ1) is 10.2. The maximum Gasteiger partial charge on any atom is 0.328 e. The summed E-state index contributed by atoms with van der Waals surface area (Å²) in [6.45, 7) is 8.20. The summed E-state index contributed by atoms with van der Waals surface area (Å²) in [5.41, 5.74) is 4.37. The van der Waals surface area contributed by atoms with Gasteiger partial charge in [0.2, 0.25) is 5.75 Å². The zero-order valence-electron chi connectivity index (χ0n) is 13.4. The molecule has 0 spiro atoms. The lowest BCUT2D eigenvalue weighted by Crippen LogP contribution is -2.54. The molecular weight excluding hydrogens is 286 g/mol. The molecule has 3 N–H and O–H groups in total. The van der Waals surface area contributed by atoms with Gasteiger partial charge in [-0.3, -0.25) is 0 Å². The number of hydrogen-bond acceptors (Lipinski definition) is 5. The van der Waals surface area contributed by atoms with Crippen molar-refractivity contribution in [1.29, 1.82) is 0 Å². The molecule has 0 saturated heterocycles. The minimum atomic E-state index is -1.52. The average Bonchev–Trinajstić information content (AvgIpc) is 2.40. The summed E-state index contributed by atoms with van der Waals surface area (Å²) in [7, 11) is 0. The Morgan fingerprint density at radius 2 is 1.95 bits per heavy atom. The monoisotopic (exact) mass is 309 g/mol. The molecule has 0 fully saturated rings. The van der Waals surface area contributed by atoms with E-state index in [1.807, 2.05) is 27.7 Å². The number of carboxylic acids is 1. The number of rotatable bonds is 5. The van der Waals surface area contributed by atoms with Crippen LogP contribution in [0, 0.1) is 0 Å². The van der Waals surface area contributed by atoms with Crippen molar-refractivity contribution in [1.82, 2.24) is 0 Å². The van der Waals surface area contributed by atoms with E-state index in [4.69, 9.17) is 19.9 Å². The number of aliphatic carboxylic acids is 1. The van der Waals surface area contributed by atoms with Crippen molar-refractivity contribution >= 4 is 5.97 Å². The van der Waals surface area contributed by atoms with Crippen LogP contribution in [0.1, 0.15) is 39.7 Å². The van der Waals surface area contributed by atoms with Crippen LogP contribution in [0.5, 0.6) is 17.2 Å². The fraction of sp³-hybridized carbons (Fsp3) is 0.562. The number of ether oxygens (including phenoxy) is 3. The fourth-order valence-corrected chi connectivity index (χ4v) is 2.82. The highest BCUT2D eigenvalue weighted by molar-refractivity contribution is 5.83. The normalized spacial score (nSPS) is 22.4. The zero-order chi connectivity index (χ0) is 16.5. The Labute approximate surface area is 130 Å². The summed E-state index contributed by atoms with van der Waals surface area (Å²) in [6, 6.07) is 3.33. The van der Waals surface area contributed by atoms with Crippen molar-refractivity contribution in [3.05, 3.63) is 17.7 Å². The Bertz CT molecular complexity index is 584. The smallest absolute Gasteiger partial charge is 0.328 e. The third-order valence-electron chi connectivity index (χ3n) is 3.61. The molecule has 0 aliphatic carbocycles. The first-order valence-corrected chi connectivity index (χ1v) is 7.39. The first kappa shape index (κ1) is 16.4. The van der Waals surface area contributed by atoms with Crippen molar-refractivity contribution in [2.75, 3.05) is 13.2 Å². The summed E-state index contributed by atoms with van der Waals surface area (Å²) in [5, 5.41) is 9.62. The van der Waals surface area contributed by atoms with Crippen molar-refractivity contribution < 1.29 is 24.1 Å². The third-order valence-corrected chi connectivity index (χ3v) is 3.61. The van der Waals surface area contributed by atoms with Crippen molar-refractivity contribution in [2.24, 2.45) is 5.73 Å². The highest BCUT2D eigenvalue weighted by Crippen LogP contribution is 2.50. The third kappa shape index (κ3) is 2.70. The molecule has 1 unspecified atom stereocenters. The molecule has 1 aromatic rings. The topological polar surface area (TPSA) is 91.0 Å². The van der Waals surface area contributed by atoms with Gasteiger partial charge in [0.25, 0.3) is 0 Å². The minimum Gasteiger partial charge on any atom is -0.490 e. The molecule has 0 radical (unpaired) electrons. The van der Waals surface area contributed by atoms with Gasteiger partial charge in [-0.2, -0.15) is 0 Å². The van der Waals surface area contributed by atoms with Crippen LogP contribution in [0.3, 0.4) is 0 Å².